The summed E-state index contributed by atoms with van der Waals surface area (Å²) in [4.78, 5) is 0. The summed E-state index contributed by atoms with van der Waals surface area (Å²) in [6.45, 7) is 9.48. The maximum absolute atomic E-state index is 2.50. The second kappa shape index (κ2) is 39.9. The second-order valence-electron chi connectivity index (χ2n) is 15.9. The fraction of sp³-hybridized carbons (Fsp3) is 1.00. The molecular formula is C45H94P+. The molecule has 0 nitrogen and oxygen atoms in total. The average molecular weight is 666 g/mol. The minimum Gasteiger partial charge on any atom is -0.0654 e. The molecule has 0 aromatic carbocycles. The lowest BCUT2D eigenvalue weighted by molar-refractivity contribution is 0.546. The lowest BCUT2D eigenvalue weighted by atomic mass is 10.1. The third-order valence-electron chi connectivity index (χ3n) is 11.2. The Kier molecular flexibility index (Phi) is 40.2. The van der Waals surface area contributed by atoms with Crippen LogP contribution in [0, 0.1) is 0 Å². The standard InChI is InChI=1S/C45H94P/c1-5-9-12-15-18-21-24-27-30-33-36-39-43-46(42-8-4,44-40-37-34-31-28-25-22-19-16-13-10-6-2)45-41-38-35-32-29-26-23-20-17-14-11-7-3/h5-45H2,1-4H3/q+1. The molecule has 0 aliphatic carbocycles. The predicted octanol–water partition coefficient (Wildman–Crippen LogP) is 17.5. The first-order chi connectivity index (χ1) is 22.7. The van der Waals surface area contributed by atoms with Crippen LogP contribution >= 0.6 is 7.26 Å². The van der Waals surface area contributed by atoms with Crippen LogP contribution in [0.15, 0.2) is 0 Å². The number of hydrogen-bond donors (Lipinski definition) is 0. The Morgan fingerprint density at radius 3 is 0.522 bits per heavy atom. The lowest BCUT2D eigenvalue weighted by Gasteiger charge is -2.28. The molecule has 0 saturated heterocycles. The van der Waals surface area contributed by atoms with Gasteiger partial charge in [0.1, 0.15) is 0 Å². The average Bonchev–Trinajstić information content (AvgIpc) is 3.06. The van der Waals surface area contributed by atoms with Gasteiger partial charge in [0.25, 0.3) is 0 Å². The van der Waals surface area contributed by atoms with Crippen LogP contribution in [0.5, 0.6) is 0 Å². The van der Waals surface area contributed by atoms with Gasteiger partial charge in [0.05, 0.1) is 24.6 Å². The van der Waals surface area contributed by atoms with Crippen LogP contribution in [-0.4, -0.2) is 24.6 Å². The zero-order chi connectivity index (χ0) is 33.5. The molecule has 0 aromatic heterocycles. The first-order valence-corrected chi connectivity index (χ1v) is 25.1. The van der Waals surface area contributed by atoms with Crippen LogP contribution in [0.25, 0.3) is 0 Å². The van der Waals surface area contributed by atoms with Gasteiger partial charge in [-0.05, 0) is 44.9 Å². The maximum Gasteiger partial charge on any atom is 0.0594 e. The molecule has 0 bridgehead atoms. The fourth-order valence-corrected chi connectivity index (χ4v) is 13.0. The summed E-state index contributed by atoms with van der Waals surface area (Å²) in [6, 6.07) is 0. The highest BCUT2D eigenvalue weighted by molar-refractivity contribution is 7.75. The Labute approximate surface area is 296 Å². The van der Waals surface area contributed by atoms with Crippen molar-refractivity contribution < 1.29 is 0 Å². The third-order valence-corrected chi connectivity index (χ3v) is 16.3. The smallest absolute Gasteiger partial charge is 0.0594 e. The molecule has 278 valence electrons. The highest BCUT2D eigenvalue weighted by Gasteiger charge is 2.34. The zero-order valence-corrected chi connectivity index (χ0v) is 34.3. The van der Waals surface area contributed by atoms with Crippen molar-refractivity contribution in [3.05, 3.63) is 0 Å². The normalized spacial score (nSPS) is 12.0. The van der Waals surface area contributed by atoms with Gasteiger partial charge < -0.3 is 0 Å². The number of unbranched alkanes of at least 4 members (excludes halogenated alkanes) is 33. The molecule has 0 fully saturated rings. The summed E-state index contributed by atoms with van der Waals surface area (Å²) >= 11 is 0. The molecule has 0 radical (unpaired) electrons. The summed E-state index contributed by atoms with van der Waals surface area (Å²) < 4.78 is 0. The van der Waals surface area contributed by atoms with E-state index in [2.05, 4.69) is 27.7 Å². The van der Waals surface area contributed by atoms with Crippen LogP contribution in [-0.2, 0) is 0 Å². The van der Waals surface area contributed by atoms with Crippen LogP contribution < -0.4 is 0 Å². The van der Waals surface area contributed by atoms with Crippen LogP contribution in [0.2, 0.25) is 0 Å². The molecule has 0 aliphatic rings. The molecule has 0 atom stereocenters. The number of hydrogen-bond acceptors (Lipinski definition) is 0. The van der Waals surface area contributed by atoms with Crippen LogP contribution in [0.1, 0.15) is 265 Å². The molecule has 0 heterocycles. The van der Waals surface area contributed by atoms with Gasteiger partial charge in [-0.2, -0.15) is 0 Å². The SMILES string of the molecule is CCCCCCCCCCCCCC[P+](CCC)(CCCCCCCCCCCCCC)CCCCCCCCCCCCCC. The molecule has 0 amide bonds. The van der Waals surface area contributed by atoms with E-state index in [1.54, 1.807) is 43.9 Å². The van der Waals surface area contributed by atoms with Crippen molar-refractivity contribution in [2.24, 2.45) is 0 Å². The largest absolute Gasteiger partial charge is 0.0654 e. The van der Waals surface area contributed by atoms with Crippen LogP contribution in [0.4, 0.5) is 0 Å². The molecule has 1 heteroatoms. The monoisotopic (exact) mass is 666 g/mol. The highest BCUT2D eigenvalue weighted by Crippen LogP contribution is 2.61. The predicted molar refractivity (Wildman–Crippen MR) is 220 cm³/mol. The van der Waals surface area contributed by atoms with Crippen molar-refractivity contribution in [2.75, 3.05) is 24.6 Å². The third kappa shape index (κ3) is 34.3. The highest BCUT2D eigenvalue weighted by atomic mass is 31.2. The molecule has 46 heavy (non-hydrogen) atoms. The van der Waals surface area contributed by atoms with Crippen molar-refractivity contribution in [3.8, 4) is 0 Å². The van der Waals surface area contributed by atoms with Crippen molar-refractivity contribution >= 4 is 7.26 Å². The molecule has 0 saturated carbocycles. The minimum atomic E-state index is -0.736. The molecule has 0 aromatic rings. The lowest BCUT2D eigenvalue weighted by Crippen LogP contribution is -2.13. The van der Waals surface area contributed by atoms with E-state index in [1.165, 1.54) is 218 Å². The summed E-state index contributed by atoms with van der Waals surface area (Å²) in [5, 5.41) is 0. The summed E-state index contributed by atoms with van der Waals surface area (Å²) in [5.41, 5.74) is 0. The summed E-state index contributed by atoms with van der Waals surface area (Å²) in [7, 11) is -0.736. The van der Waals surface area contributed by atoms with E-state index in [1.807, 2.05) is 0 Å². The summed E-state index contributed by atoms with van der Waals surface area (Å²) in [5.74, 6) is 0. The van der Waals surface area contributed by atoms with Crippen molar-refractivity contribution in [2.45, 2.75) is 265 Å². The van der Waals surface area contributed by atoms with Crippen molar-refractivity contribution in [1.29, 1.82) is 0 Å². The van der Waals surface area contributed by atoms with E-state index in [9.17, 15) is 0 Å². The van der Waals surface area contributed by atoms with E-state index in [-0.39, 0.29) is 0 Å². The minimum absolute atomic E-state index is 0.736. The Balaban J connectivity index is 4.34. The van der Waals surface area contributed by atoms with Gasteiger partial charge in [0.15, 0.2) is 0 Å². The Hall–Kier alpha value is 0.430. The molecule has 0 unspecified atom stereocenters. The first-order valence-electron chi connectivity index (χ1n) is 22.6. The van der Waals surface area contributed by atoms with Gasteiger partial charge in [0.2, 0.25) is 0 Å². The molecular weight excluding hydrogens is 571 g/mol. The van der Waals surface area contributed by atoms with Gasteiger partial charge in [-0.1, -0.05) is 220 Å². The van der Waals surface area contributed by atoms with E-state index < -0.39 is 7.26 Å². The Bertz CT molecular complexity index is 458. The van der Waals surface area contributed by atoms with Crippen molar-refractivity contribution in [1.82, 2.24) is 0 Å². The Morgan fingerprint density at radius 1 is 0.174 bits per heavy atom. The van der Waals surface area contributed by atoms with Gasteiger partial charge in [-0.3, -0.25) is 0 Å². The van der Waals surface area contributed by atoms with Gasteiger partial charge in [0, 0.05) is 7.26 Å². The van der Waals surface area contributed by atoms with E-state index in [4.69, 9.17) is 0 Å². The van der Waals surface area contributed by atoms with E-state index in [0.717, 1.165) is 0 Å². The van der Waals surface area contributed by atoms with Crippen molar-refractivity contribution in [3.63, 3.8) is 0 Å². The summed E-state index contributed by atoms with van der Waals surface area (Å²) in [6.07, 6.45) is 61.6. The molecule has 0 N–H and O–H groups in total. The zero-order valence-electron chi connectivity index (χ0n) is 33.4. The second-order valence-corrected chi connectivity index (χ2v) is 20.4. The van der Waals surface area contributed by atoms with Gasteiger partial charge in [-0.25, -0.2) is 0 Å². The van der Waals surface area contributed by atoms with E-state index in [0.29, 0.717) is 0 Å². The van der Waals surface area contributed by atoms with Crippen LogP contribution in [0.3, 0.4) is 0 Å². The van der Waals surface area contributed by atoms with Gasteiger partial charge >= 0.3 is 0 Å². The molecule has 0 aliphatic heterocycles. The fourth-order valence-electron chi connectivity index (χ4n) is 8.01. The van der Waals surface area contributed by atoms with Gasteiger partial charge in [-0.15, -0.1) is 0 Å². The topological polar surface area (TPSA) is 0 Å². The maximum atomic E-state index is 2.50. The quantitative estimate of drug-likeness (QED) is 0.0450. The molecule has 0 rings (SSSR count). The van der Waals surface area contributed by atoms with E-state index >= 15 is 0 Å². The first kappa shape index (κ1) is 46.4. The Morgan fingerprint density at radius 2 is 0.348 bits per heavy atom. The molecule has 0 spiro atoms. The number of rotatable bonds is 41.